The van der Waals surface area contributed by atoms with E-state index in [4.69, 9.17) is 4.74 Å². The zero-order valence-corrected chi connectivity index (χ0v) is 15.1. The minimum absolute atomic E-state index is 0.0774. The average molecular weight is 384 g/mol. The lowest BCUT2D eigenvalue weighted by atomic mass is 9.90. The lowest BCUT2D eigenvalue weighted by Crippen LogP contribution is -2.04. The van der Waals surface area contributed by atoms with E-state index in [0.29, 0.717) is 28.5 Å². The molecule has 144 valence electrons. The Labute approximate surface area is 160 Å². The molecule has 0 aliphatic heterocycles. The van der Waals surface area contributed by atoms with Crippen LogP contribution in [0.5, 0.6) is 11.5 Å². The number of ether oxygens (including phenoxy) is 1. The van der Waals surface area contributed by atoms with E-state index in [1.807, 2.05) is 0 Å². The van der Waals surface area contributed by atoms with E-state index < -0.39 is 17.3 Å². The van der Waals surface area contributed by atoms with E-state index in [9.17, 15) is 23.8 Å². The number of benzene rings is 3. The van der Waals surface area contributed by atoms with Gasteiger partial charge in [-0.05, 0) is 47.9 Å². The first-order valence-corrected chi connectivity index (χ1v) is 8.53. The molecule has 0 radical (unpaired) electrons. The van der Waals surface area contributed by atoms with E-state index in [1.165, 1.54) is 30.3 Å². The quantitative estimate of drug-likeness (QED) is 0.470. The van der Waals surface area contributed by atoms with Gasteiger partial charge >= 0.3 is 0 Å². The first-order valence-electron chi connectivity index (χ1n) is 8.53. The summed E-state index contributed by atoms with van der Waals surface area (Å²) in [6.45, 7) is 1.63. The van der Waals surface area contributed by atoms with Gasteiger partial charge in [-0.25, -0.2) is 8.78 Å². The molecule has 3 aromatic carbocycles. The van der Waals surface area contributed by atoms with Crippen LogP contribution in [0, 0.1) is 18.6 Å². The highest BCUT2D eigenvalue weighted by Crippen LogP contribution is 2.42. The molecule has 0 aliphatic carbocycles. The first-order chi connectivity index (χ1) is 13.4. The summed E-state index contributed by atoms with van der Waals surface area (Å²) >= 11 is 0. The Kier molecular flexibility index (Phi) is 5.70. The Morgan fingerprint density at radius 1 is 0.964 bits per heavy atom. The predicted molar refractivity (Wildman–Crippen MR) is 100 cm³/mol. The lowest BCUT2D eigenvalue weighted by Gasteiger charge is -2.18. The van der Waals surface area contributed by atoms with Crippen LogP contribution in [-0.4, -0.2) is 16.5 Å². The molecule has 4 nitrogen and oxygen atoms in total. The third-order valence-corrected chi connectivity index (χ3v) is 4.50. The number of rotatable bonds is 6. The fourth-order valence-electron chi connectivity index (χ4n) is 3.09. The molecule has 0 heterocycles. The first kappa shape index (κ1) is 19.5. The van der Waals surface area contributed by atoms with Crippen molar-refractivity contribution in [1.29, 1.82) is 0 Å². The van der Waals surface area contributed by atoms with Gasteiger partial charge < -0.3 is 14.9 Å². The molecule has 0 saturated heterocycles. The topological polar surface area (TPSA) is 66.8 Å². The number of hydrogen-bond donors (Lipinski definition) is 2. The van der Waals surface area contributed by atoms with Crippen molar-refractivity contribution in [2.24, 2.45) is 0 Å². The lowest BCUT2D eigenvalue weighted by molar-refractivity contribution is 0.103. The Bertz CT molecular complexity index is 1010. The zero-order valence-electron chi connectivity index (χ0n) is 15.1. The number of phenols is 2. The molecule has 0 aromatic heterocycles. The van der Waals surface area contributed by atoms with Crippen molar-refractivity contribution in [3.8, 4) is 22.6 Å². The smallest absolute Gasteiger partial charge is 0.168 e. The Morgan fingerprint density at radius 3 is 2.32 bits per heavy atom. The van der Waals surface area contributed by atoms with Gasteiger partial charge in [0.1, 0.15) is 11.6 Å². The minimum Gasteiger partial charge on any atom is -0.504 e. The van der Waals surface area contributed by atoms with Gasteiger partial charge in [-0.2, -0.15) is 0 Å². The molecule has 0 atom stereocenters. The molecule has 3 aromatic rings. The van der Waals surface area contributed by atoms with Crippen LogP contribution >= 0.6 is 0 Å². The second kappa shape index (κ2) is 8.19. The van der Waals surface area contributed by atoms with Gasteiger partial charge in [0.15, 0.2) is 17.8 Å². The molecule has 6 heteroatoms. The fraction of sp³-hybridized carbons (Fsp3) is 0.136. The summed E-state index contributed by atoms with van der Waals surface area (Å²) in [5.41, 5.74) is 2.08. The molecule has 0 bridgehead atoms. The van der Waals surface area contributed by atoms with Crippen molar-refractivity contribution in [3.63, 3.8) is 0 Å². The summed E-state index contributed by atoms with van der Waals surface area (Å²) in [6, 6.07) is 11.5. The molecule has 2 N–H and O–H groups in total. The second-order valence-corrected chi connectivity index (χ2v) is 6.34. The molecule has 3 rings (SSSR count). The highest BCUT2D eigenvalue weighted by Gasteiger charge is 2.22. The summed E-state index contributed by atoms with van der Waals surface area (Å²) in [4.78, 5) is 11.6. The highest BCUT2D eigenvalue weighted by atomic mass is 19.1. The monoisotopic (exact) mass is 384 g/mol. The largest absolute Gasteiger partial charge is 0.504 e. The van der Waals surface area contributed by atoms with Gasteiger partial charge in [0.05, 0.1) is 18.8 Å². The molecule has 0 aliphatic rings. The molecular formula is C22H18F2O4. The van der Waals surface area contributed by atoms with Crippen molar-refractivity contribution in [2.75, 3.05) is 0 Å². The van der Waals surface area contributed by atoms with Crippen LogP contribution in [0.25, 0.3) is 11.1 Å². The van der Waals surface area contributed by atoms with Crippen LogP contribution in [0.2, 0.25) is 0 Å². The third-order valence-electron chi connectivity index (χ3n) is 4.50. The summed E-state index contributed by atoms with van der Waals surface area (Å²) in [5.74, 6) is -1.83. The number of carbonyl (C=O) groups is 1. The SMILES string of the molecule is Cc1c(O)c(O)c(C=O)c(COCc2ccc(F)cc2)c1-c1cccc(F)c1. The number of carbonyl (C=O) groups excluding carboxylic acids is 1. The van der Waals surface area contributed by atoms with E-state index in [-0.39, 0.29) is 24.6 Å². The van der Waals surface area contributed by atoms with Gasteiger partial charge in [-0.3, -0.25) is 4.79 Å². The Balaban J connectivity index is 2.02. The summed E-state index contributed by atoms with van der Waals surface area (Å²) < 4.78 is 32.4. The van der Waals surface area contributed by atoms with E-state index in [2.05, 4.69) is 0 Å². The molecule has 28 heavy (non-hydrogen) atoms. The summed E-state index contributed by atoms with van der Waals surface area (Å²) in [6.07, 6.45) is 0.424. The van der Waals surface area contributed by atoms with Crippen LogP contribution in [0.1, 0.15) is 27.0 Å². The van der Waals surface area contributed by atoms with Crippen molar-refractivity contribution in [2.45, 2.75) is 20.1 Å². The van der Waals surface area contributed by atoms with Crippen molar-refractivity contribution in [1.82, 2.24) is 0 Å². The number of halogens is 2. The van der Waals surface area contributed by atoms with Crippen LogP contribution in [0.4, 0.5) is 8.78 Å². The zero-order chi connectivity index (χ0) is 20.3. The summed E-state index contributed by atoms with van der Waals surface area (Å²) in [7, 11) is 0. The van der Waals surface area contributed by atoms with Gasteiger partial charge in [0.25, 0.3) is 0 Å². The maximum Gasteiger partial charge on any atom is 0.168 e. The Morgan fingerprint density at radius 2 is 1.68 bits per heavy atom. The molecule has 0 fully saturated rings. The highest BCUT2D eigenvalue weighted by molar-refractivity contribution is 5.90. The van der Waals surface area contributed by atoms with E-state index >= 15 is 0 Å². The second-order valence-electron chi connectivity index (χ2n) is 6.34. The molecule has 0 unspecified atom stereocenters. The molecular weight excluding hydrogens is 366 g/mol. The fourth-order valence-corrected chi connectivity index (χ4v) is 3.09. The van der Waals surface area contributed by atoms with Crippen LogP contribution in [0.3, 0.4) is 0 Å². The molecule has 0 saturated carbocycles. The van der Waals surface area contributed by atoms with Gasteiger partial charge in [0, 0.05) is 11.1 Å². The number of hydrogen-bond acceptors (Lipinski definition) is 4. The number of aromatic hydroxyl groups is 2. The van der Waals surface area contributed by atoms with Crippen LogP contribution in [0.15, 0.2) is 48.5 Å². The van der Waals surface area contributed by atoms with Crippen LogP contribution < -0.4 is 0 Å². The normalized spacial score (nSPS) is 10.8. The van der Waals surface area contributed by atoms with Crippen molar-refractivity contribution >= 4 is 6.29 Å². The molecule has 0 spiro atoms. The van der Waals surface area contributed by atoms with Crippen molar-refractivity contribution < 1.29 is 28.5 Å². The third kappa shape index (κ3) is 3.87. The maximum absolute atomic E-state index is 13.7. The van der Waals surface area contributed by atoms with E-state index in [1.54, 1.807) is 25.1 Å². The molecule has 0 amide bonds. The van der Waals surface area contributed by atoms with Gasteiger partial charge in [-0.15, -0.1) is 0 Å². The minimum atomic E-state index is -0.548. The number of phenolic OH excluding ortho intramolecular Hbond substituents is 2. The van der Waals surface area contributed by atoms with Gasteiger partial charge in [0.2, 0.25) is 0 Å². The van der Waals surface area contributed by atoms with Gasteiger partial charge in [-0.1, -0.05) is 24.3 Å². The maximum atomic E-state index is 13.7. The van der Waals surface area contributed by atoms with Crippen molar-refractivity contribution in [3.05, 3.63) is 82.4 Å². The van der Waals surface area contributed by atoms with E-state index in [0.717, 1.165) is 5.56 Å². The standard InChI is InChI=1S/C22H18F2O4/c1-13-20(15-3-2-4-17(24)9-15)19(18(10-25)22(27)21(13)26)12-28-11-14-5-7-16(23)8-6-14/h2-10,26-27H,11-12H2,1H3. The Hall–Kier alpha value is -3.25. The number of aldehydes is 1. The summed E-state index contributed by atoms with van der Waals surface area (Å²) in [5, 5.41) is 20.4. The average Bonchev–Trinajstić information content (AvgIpc) is 2.68. The predicted octanol–water partition coefficient (Wildman–Crippen LogP) is 4.88. The van der Waals surface area contributed by atoms with Crippen LogP contribution in [-0.2, 0) is 18.0 Å².